The third kappa shape index (κ3) is 4.21. The van der Waals surface area contributed by atoms with Crippen molar-refractivity contribution in [1.82, 2.24) is 15.3 Å². The van der Waals surface area contributed by atoms with Gasteiger partial charge in [-0.3, -0.25) is 0 Å². The molecular weight excluding hydrogens is 379 g/mol. The average Bonchev–Trinajstić information content (AvgIpc) is 2.92. The molecule has 2 N–H and O–H groups in total. The monoisotopic (exact) mass is 394 g/mol. The Labute approximate surface area is 152 Å². The van der Waals surface area contributed by atoms with Crippen molar-refractivity contribution in [3.63, 3.8) is 0 Å². The molecule has 10 heteroatoms. The Morgan fingerprint density at radius 1 is 1.19 bits per heavy atom. The zero-order chi connectivity index (χ0) is 18.2. The van der Waals surface area contributed by atoms with E-state index in [2.05, 4.69) is 20.6 Å². The standard InChI is InChI=1S/C16H15F5N4.ClH/c1-8-11(10-3-2-9(4-12(10)17)16(19,20)21)5-23-15(24-8)25-14-7-22-6-13(14)18;/h2-5,13-14,22H,6-7H2,1H3,(H,23,24,25);1H/t13-,14+;/m0./s1. The van der Waals surface area contributed by atoms with E-state index in [1.807, 2.05) is 0 Å². The molecule has 0 saturated carbocycles. The molecule has 1 aromatic carbocycles. The van der Waals surface area contributed by atoms with Gasteiger partial charge in [-0.2, -0.15) is 13.2 Å². The predicted octanol–water partition coefficient (Wildman–Crippen LogP) is 3.75. The van der Waals surface area contributed by atoms with Gasteiger partial charge in [-0.25, -0.2) is 18.7 Å². The van der Waals surface area contributed by atoms with Crippen molar-refractivity contribution in [2.75, 3.05) is 18.4 Å². The molecule has 0 aliphatic carbocycles. The number of benzene rings is 1. The van der Waals surface area contributed by atoms with E-state index >= 15 is 0 Å². The molecule has 1 aromatic heterocycles. The Bertz CT molecular complexity index is 784. The van der Waals surface area contributed by atoms with Crippen molar-refractivity contribution in [3.05, 3.63) is 41.5 Å². The number of hydrogen-bond acceptors (Lipinski definition) is 4. The molecule has 2 heterocycles. The number of anilines is 1. The average molecular weight is 395 g/mol. The SMILES string of the molecule is Cc1nc(N[C@@H]2CNC[C@@H]2F)ncc1-c1ccc(C(F)(F)F)cc1F.Cl. The zero-order valence-electron chi connectivity index (χ0n) is 13.6. The van der Waals surface area contributed by atoms with Gasteiger partial charge in [0, 0.05) is 30.4 Å². The molecule has 26 heavy (non-hydrogen) atoms. The number of halogens is 6. The van der Waals surface area contributed by atoms with Gasteiger partial charge in [-0.15, -0.1) is 12.4 Å². The van der Waals surface area contributed by atoms with Gasteiger partial charge in [0.1, 0.15) is 12.0 Å². The number of aryl methyl sites for hydroxylation is 1. The van der Waals surface area contributed by atoms with E-state index in [0.717, 1.165) is 12.1 Å². The van der Waals surface area contributed by atoms with Crippen molar-refractivity contribution < 1.29 is 22.0 Å². The highest BCUT2D eigenvalue weighted by molar-refractivity contribution is 5.85. The van der Waals surface area contributed by atoms with E-state index in [9.17, 15) is 22.0 Å². The van der Waals surface area contributed by atoms with Gasteiger partial charge in [0.15, 0.2) is 0 Å². The van der Waals surface area contributed by atoms with Crippen LogP contribution in [0.25, 0.3) is 11.1 Å². The maximum absolute atomic E-state index is 14.1. The van der Waals surface area contributed by atoms with Gasteiger partial charge in [-0.05, 0) is 19.1 Å². The quantitative estimate of drug-likeness (QED) is 0.778. The fourth-order valence-corrected chi connectivity index (χ4v) is 2.67. The van der Waals surface area contributed by atoms with E-state index in [1.54, 1.807) is 6.92 Å². The summed E-state index contributed by atoms with van der Waals surface area (Å²) in [6.07, 6.45) is -4.38. The first-order valence-electron chi connectivity index (χ1n) is 7.58. The second kappa shape index (κ2) is 7.71. The lowest BCUT2D eigenvalue weighted by molar-refractivity contribution is -0.137. The molecule has 1 aliphatic heterocycles. The fourth-order valence-electron chi connectivity index (χ4n) is 2.67. The topological polar surface area (TPSA) is 49.8 Å². The Morgan fingerprint density at radius 3 is 2.46 bits per heavy atom. The molecule has 142 valence electrons. The molecular formula is C16H16ClF5N4. The zero-order valence-corrected chi connectivity index (χ0v) is 14.4. The van der Waals surface area contributed by atoms with Crippen molar-refractivity contribution in [2.24, 2.45) is 0 Å². The van der Waals surface area contributed by atoms with Crippen molar-refractivity contribution in [1.29, 1.82) is 0 Å². The maximum atomic E-state index is 14.1. The summed E-state index contributed by atoms with van der Waals surface area (Å²) in [7, 11) is 0. The number of alkyl halides is 4. The third-order valence-corrected chi connectivity index (χ3v) is 4.02. The summed E-state index contributed by atoms with van der Waals surface area (Å²) in [5, 5.41) is 5.74. The van der Waals surface area contributed by atoms with Gasteiger partial charge in [-0.1, -0.05) is 6.07 Å². The van der Waals surface area contributed by atoms with Gasteiger partial charge >= 0.3 is 6.18 Å². The van der Waals surface area contributed by atoms with E-state index in [-0.39, 0.29) is 36.0 Å². The minimum atomic E-state index is -4.61. The highest BCUT2D eigenvalue weighted by Crippen LogP contribution is 2.33. The largest absolute Gasteiger partial charge is 0.416 e. The predicted molar refractivity (Wildman–Crippen MR) is 89.6 cm³/mol. The van der Waals surface area contributed by atoms with E-state index < -0.39 is 29.8 Å². The summed E-state index contributed by atoms with van der Waals surface area (Å²) in [6, 6.07) is 1.84. The molecule has 3 rings (SSSR count). The van der Waals surface area contributed by atoms with Crippen molar-refractivity contribution in [3.8, 4) is 11.1 Å². The van der Waals surface area contributed by atoms with Crippen LogP contribution >= 0.6 is 12.4 Å². The summed E-state index contributed by atoms with van der Waals surface area (Å²) in [5.74, 6) is -0.823. The van der Waals surface area contributed by atoms with Gasteiger partial charge < -0.3 is 10.6 Å². The second-order valence-electron chi connectivity index (χ2n) is 5.81. The molecule has 2 aromatic rings. The highest BCUT2D eigenvalue weighted by atomic mass is 35.5. The Kier molecular flexibility index (Phi) is 6.02. The number of aromatic nitrogens is 2. The van der Waals surface area contributed by atoms with E-state index in [4.69, 9.17) is 0 Å². The summed E-state index contributed by atoms with van der Waals surface area (Å²) >= 11 is 0. The van der Waals surface area contributed by atoms with E-state index in [1.165, 1.54) is 6.20 Å². The molecule has 2 atom stereocenters. The second-order valence-corrected chi connectivity index (χ2v) is 5.81. The first kappa shape index (κ1) is 20.3. The molecule has 0 spiro atoms. The van der Waals surface area contributed by atoms with Crippen LogP contribution in [0.2, 0.25) is 0 Å². The normalized spacial score (nSPS) is 19.9. The number of nitrogens with zero attached hydrogens (tertiary/aromatic N) is 2. The van der Waals surface area contributed by atoms with Crippen LogP contribution in [0.1, 0.15) is 11.3 Å². The van der Waals surface area contributed by atoms with Crippen LogP contribution in [-0.2, 0) is 6.18 Å². The Morgan fingerprint density at radius 2 is 1.92 bits per heavy atom. The van der Waals surface area contributed by atoms with E-state index in [0.29, 0.717) is 18.3 Å². The van der Waals surface area contributed by atoms with Crippen LogP contribution < -0.4 is 10.6 Å². The summed E-state index contributed by atoms with van der Waals surface area (Å²) < 4.78 is 65.6. The molecule has 0 unspecified atom stereocenters. The number of rotatable bonds is 3. The first-order valence-corrected chi connectivity index (χ1v) is 7.58. The molecule has 0 amide bonds. The summed E-state index contributed by atoms with van der Waals surface area (Å²) in [4.78, 5) is 8.17. The summed E-state index contributed by atoms with van der Waals surface area (Å²) in [6.45, 7) is 2.25. The summed E-state index contributed by atoms with van der Waals surface area (Å²) in [5.41, 5.74) is -0.438. The fraction of sp³-hybridized carbons (Fsp3) is 0.375. The minimum Gasteiger partial charge on any atom is -0.347 e. The Hall–Kier alpha value is -2.00. The Balaban J connectivity index is 0.00000243. The lowest BCUT2D eigenvalue weighted by atomic mass is 10.0. The maximum Gasteiger partial charge on any atom is 0.416 e. The van der Waals surface area contributed by atoms with Crippen LogP contribution in [0.4, 0.5) is 27.9 Å². The lowest BCUT2D eigenvalue weighted by Crippen LogP contribution is -2.30. The minimum absolute atomic E-state index is 0. The first-order chi connectivity index (χ1) is 11.8. The smallest absolute Gasteiger partial charge is 0.347 e. The number of nitrogens with one attached hydrogen (secondary N) is 2. The molecule has 0 radical (unpaired) electrons. The highest BCUT2D eigenvalue weighted by Gasteiger charge is 2.31. The molecule has 1 fully saturated rings. The molecule has 0 bridgehead atoms. The van der Waals surface area contributed by atoms with Crippen LogP contribution in [0, 0.1) is 12.7 Å². The number of hydrogen-bond donors (Lipinski definition) is 2. The van der Waals surface area contributed by atoms with Gasteiger partial charge in [0.05, 0.1) is 17.3 Å². The molecule has 1 aliphatic rings. The lowest BCUT2D eigenvalue weighted by Gasteiger charge is -2.15. The van der Waals surface area contributed by atoms with Crippen LogP contribution in [0.15, 0.2) is 24.4 Å². The van der Waals surface area contributed by atoms with Crippen LogP contribution in [0.3, 0.4) is 0 Å². The molecule has 4 nitrogen and oxygen atoms in total. The third-order valence-electron chi connectivity index (χ3n) is 4.02. The van der Waals surface area contributed by atoms with Gasteiger partial charge in [0.2, 0.25) is 5.95 Å². The molecule has 1 saturated heterocycles. The van der Waals surface area contributed by atoms with Crippen LogP contribution in [-0.4, -0.2) is 35.3 Å². The van der Waals surface area contributed by atoms with Crippen molar-refractivity contribution in [2.45, 2.75) is 25.3 Å². The van der Waals surface area contributed by atoms with Crippen molar-refractivity contribution >= 4 is 18.4 Å². The van der Waals surface area contributed by atoms with Crippen LogP contribution in [0.5, 0.6) is 0 Å². The van der Waals surface area contributed by atoms with Gasteiger partial charge in [0.25, 0.3) is 0 Å².